The highest BCUT2D eigenvalue weighted by molar-refractivity contribution is 6.33. The Bertz CT molecular complexity index is 1190. The lowest BCUT2D eigenvalue weighted by Gasteiger charge is -2.32. The van der Waals surface area contributed by atoms with E-state index in [-0.39, 0.29) is 28.6 Å². The van der Waals surface area contributed by atoms with Crippen LogP contribution < -0.4 is 5.32 Å². The first-order valence-corrected chi connectivity index (χ1v) is 10.6. The van der Waals surface area contributed by atoms with Crippen LogP contribution in [0.1, 0.15) is 25.8 Å². The van der Waals surface area contributed by atoms with E-state index in [4.69, 9.17) is 21.1 Å². The predicted molar refractivity (Wildman–Crippen MR) is 116 cm³/mol. The molecule has 8 nitrogen and oxygen atoms in total. The SMILES string of the molecule is CC(C)(O)c1ccnc2c(F)cc(-c3nc(N[C@@H]4C[C@H]5CO[C@H](O5)[C@H]4O)ncc3Cl)cc12. The summed E-state index contributed by atoms with van der Waals surface area (Å²) in [6.45, 7) is 3.69. The molecule has 3 N–H and O–H groups in total. The van der Waals surface area contributed by atoms with Gasteiger partial charge in [0.15, 0.2) is 6.29 Å². The first kappa shape index (κ1) is 21.4. The summed E-state index contributed by atoms with van der Waals surface area (Å²) in [6, 6.07) is 4.30. The number of hydrogen-bond donors (Lipinski definition) is 3. The number of hydrogen-bond acceptors (Lipinski definition) is 8. The van der Waals surface area contributed by atoms with Crippen molar-refractivity contribution in [3.63, 3.8) is 0 Å². The van der Waals surface area contributed by atoms with Crippen molar-refractivity contribution in [2.45, 2.75) is 50.4 Å². The van der Waals surface area contributed by atoms with Gasteiger partial charge in [-0.05, 0) is 44.0 Å². The Kier molecular flexibility index (Phi) is 5.26. The Hall–Kier alpha value is -2.43. The van der Waals surface area contributed by atoms with Gasteiger partial charge in [-0.1, -0.05) is 11.6 Å². The molecule has 2 saturated heterocycles. The number of pyridine rings is 1. The van der Waals surface area contributed by atoms with Crippen LogP contribution in [0, 0.1) is 5.82 Å². The van der Waals surface area contributed by atoms with Gasteiger partial charge in [0.1, 0.15) is 17.4 Å². The maximum absolute atomic E-state index is 14.9. The van der Waals surface area contributed by atoms with Crippen molar-refractivity contribution in [2.24, 2.45) is 0 Å². The Morgan fingerprint density at radius 3 is 2.88 bits per heavy atom. The predicted octanol–water partition coefficient (Wildman–Crippen LogP) is 3.00. The molecule has 0 amide bonds. The second-order valence-corrected chi connectivity index (χ2v) is 9.01. The molecule has 0 spiro atoms. The summed E-state index contributed by atoms with van der Waals surface area (Å²) in [7, 11) is 0. The van der Waals surface area contributed by atoms with E-state index in [0.29, 0.717) is 35.2 Å². The zero-order valence-electron chi connectivity index (χ0n) is 17.4. The van der Waals surface area contributed by atoms with E-state index < -0.39 is 23.8 Å². The smallest absolute Gasteiger partial charge is 0.223 e. The lowest BCUT2D eigenvalue weighted by atomic mass is 9.93. The van der Waals surface area contributed by atoms with Crippen LogP contribution in [0.2, 0.25) is 5.02 Å². The summed E-state index contributed by atoms with van der Waals surface area (Å²) >= 11 is 6.36. The summed E-state index contributed by atoms with van der Waals surface area (Å²) in [5.41, 5.74) is 0.219. The molecule has 10 heteroatoms. The zero-order valence-corrected chi connectivity index (χ0v) is 18.2. The summed E-state index contributed by atoms with van der Waals surface area (Å²) < 4.78 is 25.9. The van der Waals surface area contributed by atoms with Gasteiger partial charge in [-0.15, -0.1) is 0 Å². The molecule has 4 atom stereocenters. The number of aliphatic hydroxyl groups is 2. The third-order valence-corrected chi connectivity index (χ3v) is 6.05. The molecule has 0 unspecified atom stereocenters. The number of rotatable bonds is 4. The second kappa shape index (κ2) is 7.86. The summed E-state index contributed by atoms with van der Waals surface area (Å²) in [5.74, 6) is -0.314. The first-order chi connectivity index (χ1) is 15.2. The minimum absolute atomic E-state index is 0.102. The zero-order chi connectivity index (χ0) is 22.6. The fraction of sp³-hybridized carbons (Fsp3) is 0.409. The van der Waals surface area contributed by atoms with E-state index in [9.17, 15) is 14.6 Å². The number of nitrogens with zero attached hydrogens (tertiary/aromatic N) is 3. The highest BCUT2D eigenvalue weighted by atomic mass is 35.5. The van der Waals surface area contributed by atoms with E-state index in [0.717, 1.165) is 0 Å². The second-order valence-electron chi connectivity index (χ2n) is 8.60. The van der Waals surface area contributed by atoms with E-state index in [1.54, 1.807) is 26.0 Å². The third-order valence-electron chi connectivity index (χ3n) is 5.77. The van der Waals surface area contributed by atoms with Crippen LogP contribution in [0.25, 0.3) is 22.2 Å². The molecule has 4 heterocycles. The van der Waals surface area contributed by atoms with Crippen LogP contribution >= 0.6 is 11.6 Å². The maximum atomic E-state index is 14.9. The van der Waals surface area contributed by atoms with Crippen molar-refractivity contribution in [1.29, 1.82) is 0 Å². The highest BCUT2D eigenvalue weighted by Crippen LogP contribution is 2.35. The number of anilines is 1. The average molecular weight is 461 g/mol. The third kappa shape index (κ3) is 3.80. The van der Waals surface area contributed by atoms with Crippen molar-refractivity contribution in [3.05, 3.63) is 47.0 Å². The molecule has 0 saturated carbocycles. The lowest BCUT2D eigenvalue weighted by Crippen LogP contribution is -2.48. The molecule has 0 radical (unpaired) electrons. The molecule has 2 aliphatic heterocycles. The fourth-order valence-corrected chi connectivity index (χ4v) is 4.42. The summed E-state index contributed by atoms with van der Waals surface area (Å²) in [5, 5.41) is 24.8. The molecule has 1 aromatic carbocycles. The van der Waals surface area contributed by atoms with Crippen LogP contribution in [0.3, 0.4) is 0 Å². The van der Waals surface area contributed by atoms with Gasteiger partial charge < -0.3 is 25.0 Å². The molecule has 0 aliphatic carbocycles. The number of ether oxygens (including phenoxy) is 2. The Morgan fingerprint density at radius 1 is 1.28 bits per heavy atom. The van der Waals surface area contributed by atoms with Gasteiger partial charge in [0.05, 0.1) is 41.3 Å². The van der Waals surface area contributed by atoms with Crippen LogP contribution in [0.15, 0.2) is 30.6 Å². The first-order valence-electron chi connectivity index (χ1n) is 10.3. The largest absolute Gasteiger partial charge is 0.386 e. The molecular formula is C22H22ClFN4O4. The van der Waals surface area contributed by atoms with Gasteiger partial charge in [-0.25, -0.2) is 14.4 Å². The number of fused-ring (bicyclic) bond motifs is 3. The molecular weight excluding hydrogens is 439 g/mol. The molecule has 168 valence electrons. The summed E-state index contributed by atoms with van der Waals surface area (Å²) in [4.78, 5) is 12.8. The van der Waals surface area contributed by atoms with Gasteiger partial charge in [-0.2, -0.15) is 0 Å². The molecule has 2 fully saturated rings. The van der Waals surface area contributed by atoms with E-state index in [2.05, 4.69) is 20.3 Å². The molecule has 2 bridgehead atoms. The molecule has 5 rings (SSSR count). The van der Waals surface area contributed by atoms with E-state index in [1.807, 2.05) is 0 Å². The number of benzene rings is 1. The highest BCUT2D eigenvalue weighted by Gasteiger charge is 2.43. The molecule has 2 aromatic heterocycles. The number of aromatic nitrogens is 3. The average Bonchev–Trinajstić information content (AvgIpc) is 3.15. The van der Waals surface area contributed by atoms with Crippen molar-refractivity contribution < 1.29 is 24.1 Å². The van der Waals surface area contributed by atoms with Crippen molar-refractivity contribution in [1.82, 2.24) is 15.0 Å². The van der Waals surface area contributed by atoms with Gasteiger partial charge in [-0.3, -0.25) is 4.98 Å². The standard InChI is InChI=1S/C22H22ClFN4O4/c1-22(2,30)13-3-4-25-18-12(13)5-10(6-15(18)24)17-14(23)8-26-21(28-17)27-16-7-11-9-31-20(32-11)19(16)29/h3-6,8,11,16,19-20,29-30H,7,9H2,1-2H3,(H,26,27,28)/t11-,16+,19-,20+/m0/s1. The Balaban J connectivity index is 1.54. The van der Waals surface area contributed by atoms with Gasteiger partial charge >= 0.3 is 0 Å². The van der Waals surface area contributed by atoms with Crippen molar-refractivity contribution in [2.75, 3.05) is 11.9 Å². The van der Waals surface area contributed by atoms with Crippen LogP contribution in [-0.2, 0) is 15.1 Å². The Labute approximate surface area is 188 Å². The van der Waals surface area contributed by atoms with Crippen LogP contribution in [-0.4, -0.2) is 56.3 Å². The number of nitrogens with one attached hydrogen (secondary N) is 1. The summed E-state index contributed by atoms with van der Waals surface area (Å²) in [6.07, 6.45) is 1.76. The number of halogens is 2. The minimum Gasteiger partial charge on any atom is -0.386 e. The molecule has 3 aromatic rings. The quantitative estimate of drug-likeness (QED) is 0.545. The maximum Gasteiger partial charge on any atom is 0.223 e. The van der Waals surface area contributed by atoms with E-state index >= 15 is 0 Å². The van der Waals surface area contributed by atoms with Crippen LogP contribution in [0.4, 0.5) is 10.3 Å². The normalized spacial score (nSPS) is 25.3. The monoisotopic (exact) mass is 460 g/mol. The van der Waals surface area contributed by atoms with Gasteiger partial charge in [0.2, 0.25) is 5.95 Å². The Morgan fingerprint density at radius 2 is 2.09 bits per heavy atom. The van der Waals surface area contributed by atoms with Crippen molar-refractivity contribution >= 4 is 28.5 Å². The van der Waals surface area contributed by atoms with Gasteiger partial charge in [0.25, 0.3) is 0 Å². The molecule has 2 aliphatic rings. The van der Waals surface area contributed by atoms with Gasteiger partial charge in [0, 0.05) is 17.1 Å². The van der Waals surface area contributed by atoms with E-state index in [1.165, 1.54) is 18.5 Å². The van der Waals surface area contributed by atoms with Crippen LogP contribution in [0.5, 0.6) is 0 Å². The number of aliphatic hydroxyl groups excluding tert-OH is 1. The minimum atomic E-state index is -1.20. The van der Waals surface area contributed by atoms with Crippen molar-refractivity contribution in [3.8, 4) is 11.3 Å². The lowest BCUT2D eigenvalue weighted by molar-refractivity contribution is -0.156. The fourth-order valence-electron chi connectivity index (χ4n) is 4.22. The molecule has 32 heavy (non-hydrogen) atoms. The topological polar surface area (TPSA) is 110 Å².